The molecular formula is C14H28IN3S. The molecule has 2 aliphatic carbocycles. The van der Waals surface area contributed by atoms with Crippen LogP contribution in [0.25, 0.3) is 0 Å². The molecule has 112 valence electrons. The number of hydrogen-bond donors (Lipinski definition) is 2. The first kappa shape index (κ1) is 17.4. The van der Waals surface area contributed by atoms with E-state index in [0.717, 1.165) is 23.7 Å². The van der Waals surface area contributed by atoms with Crippen LogP contribution in [0.1, 0.15) is 44.9 Å². The molecule has 2 saturated carbocycles. The fourth-order valence-corrected chi connectivity index (χ4v) is 3.51. The van der Waals surface area contributed by atoms with Crippen molar-refractivity contribution in [2.24, 2.45) is 10.9 Å². The molecule has 2 unspecified atom stereocenters. The largest absolute Gasteiger partial charge is 0.356 e. The highest BCUT2D eigenvalue weighted by molar-refractivity contribution is 14.0. The molecule has 5 heteroatoms. The van der Waals surface area contributed by atoms with Gasteiger partial charge in [-0.25, -0.2) is 0 Å². The van der Waals surface area contributed by atoms with Crippen LogP contribution >= 0.6 is 35.7 Å². The third kappa shape index (κ3) is 6.56. The van der Waals surface area contributed by atoms with Gasteiger partial charge < -0.3 is 10.6 Å². The minimum atomic E-state index is 0. The fourth-order valence-electron chi connectivity index (χ4n) is 2.68. The predicted octanol–water partition coefficient (Wildman–Crippen LogP) is 3.24. The number of guanidine groups is 1. The van der Waals surface area contributed by atoms with Crippen molar-refractivity contribution in [2.45, 2.75) is 56.2 Å². The topological polar surface area (TPSA) is 36.4 Å². The second kappa shape index (κ2) is 9.32. The van der Waals surface area contributed by atoms with E-state index in [9.17, 15) is 0 Å². The summed E-state index contributed by atoms with van der Waals surface area (Å²) >= 11 is 2.01. The number of nitrogens with one attached hydrogen (secondary N) is 2. The van der Waals surface area contributed by atoms with Gasteiger partial charge in [0.05, 0.1) is 0 Å². The van der Waals surface area contributed by atoms with Crippen LogP contribution in [-0.2, 0) is 0 Å². The molecule has 0 aromatic heterocycles. The van der Waals surface area contributed by atoms with Gasteiger partial charge in [-0.15, -0.1) is 24.0 Å². The van der Waals surface area contributed by atoms with Gasteiger partial charge in [0, 0.05) is 24.9 Å². The van der Waals surface area contributed by atoms with Gasteiger partial charge in [-0.2, -0.15) is 11.8 Å². The van der Waals surface area contributed by atoms with Gasteiger partial charge in [0.25, 0.3) is 0 Å². The summed E-state index contributed by atoms with van der Waals surface area (Å²) in [7, 11) is 1.88. The molecule has 0 heterocycles. The van der Waals surface area contributed by atoms with E-state index in [1.807, 2.05) is 18.8 Å². The Hall–Kier alpha value is 0.350. The Morgan fingerprint density at radius 1 is 1.26 bits per heavy atom. The van der Waals surface area contributed by atoms with E-state index >= 15 is 0 Å². The fraction of sp³-hybridized carbons (Fsp3) is 0.929. The third-order valence-corrected chi connectivity index (χ3v) is 5.16. The molecular weight excluding hydrogens is 369 g/mol. The van der Waals surface area contributed by atoms with Crippen LogP contribution in [-0.4, -0.2) is 37.1 Å². The summed E-state index contributed by atoms with van der Waals surface area (Å²) in [4.78, 5) is 4.34. The second-order valence-corrected chi connectivity index (χ2v) is 6.73. The van der Waals surface area contributed by atoms with Crippen LogP contribution in [0, 0.1) is 5.92 Å². The molecule has 2 fully saturated rings. The Balaban J connectivity index is 0.00000180. The summed E-state index contributed by atoms with van der Waals surface area (Å²) < 4.78 is 0. The van der Waals surface area contributed by atoms with Crippen LogP contribution in [0.15, 0.2) is 4.99 Å². The van der Waals surface area contributed by atoms with Gasteiger partial charge >= 0.3 is 0 Å². The Bertz CT molecular complexity index is 282. The zero-order chi connectivity index (χ0) is 12.8. The maximum absolute atomic E-state index is 4.34. The highest BCUT2D eigenvalue weighted by atomic mass is 127. The van der Waals surface area contributed by atoms with E-state index in [0.29, 0.717) is 6.04 Å². The van der Waals surface area contributed by atoms with Gasteiger partial charge in [0.2, 0.25) is 0 Å². The molecule has 2 aliphatic rings. The Morgan fingerprint density at radius 3 is 2.68 bits per heavy atom. The summed E-state index contributed by atoms with van der Waals surface area (Å²) in [5, 5.41) is 7.88. The number of thioether (sulfide) groups is 1. The SMILES string of the molecule is CN=C(NCCC1CC1)NC1CCCC(SC)C1.I. The first-order chi connectivity index (χ1) is 8.81. The molecule has 2 atom stereocenters. The molecule has 0 spiro atoms. The number of nitrogens with zero attached hydrogens (tertiary/aromatic N) is 1. The molecule has 0 amide bonds. The van der Waals surface area contributed by atoms with Crippen LogP contribution in [0.5, 0.6) is 0 Å². The van der Waals surface area contributed by atoms with Gasteiger partial charge in [-0.05, 0) is 37.9 Å². The molecule has 0 aliphatic heterocycles. The van der Waals surface area contributed by atoms with E-state index in [1.54, 1.807) is 0 Å². The lowest BCUT2D eigenvalue weighted by Crippen LogP contribution is -2.45. The van der Waals surface area contributed by atoms with Crippen LogP contribution in [0.2, 0.25) is 0 Å². The van der Waals surface area contributed by atoms with E-state index in [4.69, 9.17) is 0 Å². The van der Waals surface area contributed by atoms with Crippen LogP contribution in [0.4, 0.5) is 0 Å². The average molecular weight is 397 g/mol. The predicted molar refractivity (Wildman–Crippen MR) is 96.8 cm³/mol. The van der Waals surface area contributed by atoms with Crippen molar-refractivity contribution in [1.82, 2.24) is 10.6 Å². The van der Waals surface area contributed by atoms with E-state index in [1.165, 1.54) is 44.9 Å². The first-order valence-corrected chi connectivity index (χ1v) is 8.60. The van der Waals surface area contributed by atoms with Crippen molar-refractivity contribution in [3.63, 3.8) is 0 Å². The van der Waals surface area contributed by atoms with Crippen molar-refractivity contribution in [2.75, 3.05) is 19.8 Å². The number of hydrogen-bond acceptors (Lipinski definition) is 2. The van der Waals surface area contributed by atoms with Crippen molar-refractivity contribution < 1.29 is 0 Å². The quantitative estimate of drug-likeness (QED) is 0.425. The van der Waals surface area contributed by atoms with Crippen molar-refractivity contribution in [3.05, 3.63) is 0 Å². The van der Waals surface area contributed by atoms with Crippen molar-refractivity contribution >= 4 is 41.7 Å². The van der Waals surface area contributed by atoms with Gasteiger partial charge in [0.15, 0.2) is 5.96 Å². The molecule has 0 saturated heterocycles. The third-order valence-electron chi connectivity index (χ3n) is 4.07. The maximum Gasteiger partial charge on any atom is 0.191 e. The maximum atomic E-state index is 4.34. The Labute approximate surface area is 139 Å². The number of aliphatic imine (C=N–C) groups is 1. The van der Waals surface area contributed by atoms with E-state index in [2.05, 4.69) is 21.9 Å². The summed E-state index contributed by atoms with van der Waals surface area (Å²) in [5.41, 5.74) is 0. The highest BCUT2D eigenvalue weighted by Crippen LogP contribution is 2.31. The lowest BCUT2D eigenvalue weighted by molar-refractivity contribution is 0.419. The molecule has 3 nitrogen and oxygen atoms in total. The zero-order valence-electron chi connectivity index (χ0n) is 12.2. The Morgan fingerprint density at radius 2 is 2.05 bits per heavy atom. The van der Waals surface area contributed by atoms with E-state index < -0.39 is 0 Å². The van der Waals surface area contributed by atoms with E-state index in [-0.39, 0.29) is 24.0 Å². The minimum Gasteiger partial charge on any atom is -0.356 e. The van der Waals surface area contributed by atoms with Crippen molar-refractivity contribution in [3.8, 4) is 0 Å². The second-order valence-electron chi connectivity index (χ2n) is 5.60. The minimum absolute atomic E-state index is 0. The molecule has 0 bridgehead atoms. The molecule has 2 rings (SSSR count). The smallest absolute Gasteiger partial charge is 0.191 e. The Kier molecular flexibility index (Phi) is 8.53. The average Bonchev–Trinajstić information content (AvgIpc) is 3.22. The van der Waals surface area contributed by atoms with Gasteiger partial charge in [-0.1, -0.05) is 19.3 Å². The summed E-state index contributed by atoms with van der Waals surface area (Å²) in [6, 6.07) is 0.614. The molecule has 19 heavy (non-hydrogen) atoms. The monoisotopic (exact) mass is 397 g/mol. The summed E-state index contributed by atoms with van der Waals surface area (Å²) in [6.45, 7) is 1.07. The van der Waals surface area contributed by atoms with Crippen LogP contribution in [0.3, 0.4) is 0 Å². The number of rotatable bonds is 5. The van der Waals surface area contributed by atoms with Gasteiger partial charge in [0.1, 0.15) is 0 Å². The first-order valence-electron chi connectivity index (χ1n) is 7.31. The molecule has 0 aromatic carbocycles. The van der Waals surface area contributed by atoms with Crippen molar-refractivity contribution in [1.29, 1.82) is 0 Å². The molecule has 0 aromatic rings. The lowest BCUT2D eigenvalue weighted by atomic mass is 9.95. The normalized spacial score (nSPS) is 27.6. The standard InChI is InChI=1S/C14H27N3S.HI/c1-15-14(16-9-8-11-6-7-11)17-12-4-3-5-13(10-12)18-2;/h11-13H,3-10H2,1-2H3,(H2,15,16,17);1H. The van der Waals surface area contributed by atoms with Crippen LogP contribution < -0.4 is 10.6 Å². The lowest BCUT2D eigenvalue weighted by Gasteiger charge is -2.29. The summed E-state index contributed by atoms with van der Waals surface area (Å²) in [6.07, 6.45) is 11.7. The highest BCUT2D eigenvalue weighted by Gasteiger charge is 2.23. The number of halogens is 1. The summed E-state index contributed by atoms with van der Waals surface area (Å²) in [5.74, 6) is 1.99. The van der Waals surface area contributed by atoms with Gasteiger partial charge in [-0.3, -0.25) is 4.99 Å². The molecule has 0 radical (unpaired) electrons. The molecule has 2 N–H and O–H groups in total. The zero-order valence-corrected chi connectivity index (χ0v) is 15.3.